The Morgan fingerprint density at radius 2 is 1.39 bits per heavy atom. The van der Waals surface area contributed by atoms with Crippen molar-refractivity contribution in [2.75, 3.05) is 10.8 Å². The van der Waals surface area contributed by atoms with Gasteiger partial charge in [0, 0.05) is 23.5 Å². The Morgan fingerprint density at radius 3 is 1.96 bits per heavy atom. The lowest BCUT2D eigenvalue weighted by molar-refractivity contribution is -0.140. The van der Waals surface area contributed by atoms with Crippen LogP contribution in [0.15, 0.2) is 112 Å². The number of rotatable bonds is 13. The molecule has 0 fully saturated rings. The number of carbonyl (C=O) groups excluding carboxylic acids is 2. The molecule has 0 aliphatic carbocycles. The fraction of sp³-hybridized carbons (Fsp3) is 0.297. The molecular formula is C37H42BrN3O4S. The summed E-state index contributed by atoms with van der Waals surface area (Å²) in [6.07, 6.45) is 0.259. The minimum absolute atomic E-state index is 0.0803. The fourth-order valence-corrected chi connectivity index (χ4v) is 6.79. The van der Waals surface area contributed by atoms with Crippen LogP contribution in [0.2, 0.25) is 0 Å². The number of nitrogens with zero attached hydrogens (tertiary/aromatic N) is 2. The van der Waals surface area contributed by atoms with Crippen LogP contribution < -0.4 is 9.62 Å². The molecule has 1 atom stereocenters. The summed E-state index contributed by atoms with van der Waals surface area (Å²) in [6, 6.07) is 29.8. The summed E-state index contributed by atoms with van der Waals surface area (Å²) in [7, 11) is -4.16. The topological polar surface area (TPSA) is 86.8 Å². The third-order valence-electron chi connectivity index (χ3n) is 7.70. The Kier molecular flexibility index (Phi) is 11.8. The van der Waals surface area contributed by atoms with Gasteiger partial charge in [-0.3, -0.25) is 13.9 Å². The largest absolute Gasteiger partial charge is 0.352 e. The van der Waals surface area contributed by atoms with Crippen molar-refractivity contribution in [3.63, 3.8) is 0 Å². The van der Waals surface area contributed by atoms with Crippen LogP contribution in [0.25, 0.3) is 0 Å². The maximum absolute atomic E-state index is 14.6. The molecule has 4 aromatic carbocycles. The van der Waals surface area contributed by atoms with Crippen LogP contribution in [0.1, 0.15) is 55.9 Å². The van der Waals surface area contributed by atoms with Crippen molar-refractivity contribution in [3.05, 3.63) is 130 Å². The molecule has 0 saturated heterocycles. The first-order chi connectivity index (χ1) is 21.8. The van der Waals surface area contributed by atoms with E-state index in [1.807, 2.05) is 87.5 Å². The van der Waals surface area contributed by atoms with Gasteiger partial charge in [0.2, 0.25) is 11.8 Å². The number of nitrogens with one attached hydrogen (secondary N) is 1. The summed E-state index contributed by atoms with van der Waals surface area (Å²) in [5, 5.41) is 2.98. The van der Waals surface area contributed by atoms with E-state index >= 15 is 0 Å². The molecule has 0 bridgehead atoms. The van der Waals surface area contributed by atoms with E-state index in [9.17, 15) is 18.0 Å². The van der Waals surface area contributed by atoms with E-state index in [1.165, 1.54) is 4.90 Å². The number of carbonyl (C=O) groups is 2. The quantitative estimate of drug-likeness (QED) is 0.159. The van der Waals surface area contributed by atoms with Crippen LogP contribution >= 0.6 is 15.9 Å². The number of halogens is 1. The number of benzene rings is 4. The zero-order valence-corrected chi connectivity index (χ0v) is 29.4. The molecule has 4 aromatic rings. The summed E-state index contributed by atoms with van der Waals surface area (Å²) in [6.45, 7) is 9.37. The van der Waals surface area contributed by atoms with Crippen molar-refractivity contribution < 1.29 is 18.0 Å². The highest BCUT2D eigenvalue weighted by Gasteiger charge is 2.35. The van der Waals surface area contributed by atoms with E-state index in [2.05, 4.69) is 35.1 Å². The van der Waals surface area contributed by atoms with E-state index in [0.717, 1.165) is 31.0 Å². The summed E-state index contributed by atoms with van der Waals surface area (Å²) >= 11 is 3.47. The molecule has 4 rings (SSSR count). The number of sulfonamides is 1. The van der Waals surface area contributed by atoms with Gasteiger partial charge in [-0.25, -0.2) is 8.42 Å². The van der Waals surface area contributed by atoms with Gasteiger partial charge in [0.05, 0.1) is 10.6 Å². The van der Waals surface area contributed by atoms with Gasteiger partial charge in [-0.05, 0) is 79.8 Å². The highest BCUT2D eigenvalue weighted by atomic mass is 79.9. The molecule has 2 amide bonds. The molecule has 46 heavy (non-hydrogen) atoms. The standard InChI is InChI=1S/C37H42BrN3O4S/c1-26(2)31-15-19-33(20-16-31)41(46(44,45)34-21-11-28(5)12-22-34)25-36(42)40(24-30-13-17-32(38)18-14-30)35(37(43)39-27(3)4)23-29-9-7-6-8-10-29/h6-22,26-27,35H,23-25H2,1-5H3,(H,39,43)/t35-/m1/s1. The van der Waals surface area contributed by atoms with Gasteiger partial charge in [-0.15, -0.1) is 0 Å². The van der Waals surface area contributed by atoms with Crippen LogP contribution in [0.3, 0.4) is 0 Å². The average Bonchev–Trinajstić information content (AvgIpc) is 3.02. The first-order valence-corrected chi connectivity index (χ1v) is 17.7. The van der Waals surface area contributed by atoms with E-state index in [-0.39, 0.29) is 35.7 Å². The molecule has 7 nitrogen and oxygen atoms in total. The Bertz CT molecular complexity index is 1710. The van der Waals surface area contributed by atoms with Crippen molar-refractivity contribution in [1.82, 2.24) is 10.2 Å². The number of aryl methyl sites for hydroxylation is 1. The zero-order chi connectivity index (χ0) is 33.4. The summed E-state index contributed by atoms with van der Waals surface area (Å²) < 4.78 is 30.5. The first kappa shape index (κ1) is 34.9. The van der Waals surface area contributed by atoms with E-state index in [0.29, 0.717) is 5.69 Å². The molecule has 0 aliphatic heterocycles. The lowest BCUT2D eigenvalue weighted by Gasteiger charge is -2.34. The van der Waals surface area contributed by atoms with E-state index in [1.54, 1.807) is 36.4 Å². The van der Waals surface area contributed by atoms with Crippen LogP contribution in [-0.4, -0.2) is 43.8 Å². The zero-order valence-electron chi connectivity index (χ0n) is 27.0. The number of hydrogen-bond donors (Lipinski definition) is 1. The summed E-state index contributed by atoms with van der Waals surface area (Å²) in [5.74, 6) is -0.553. The van der Waals surface area contributed by atoms with Gasteiger partial charge in [-0.2, -0.15) is 0 Å². The van der Waals surface area contributed by atoms with E-state index < -0.39 is 28.5 Å². The maximum atomic E-state index is 14.6. The molecule has 0 saturated carbocycles. The van der Waals surface area contributed by atoms with Crippen LogP contribution in [0.5, 0.6) is 0 Å². The lowest BCUT2D eigenvalue weighted by atomic mass is 10.0. The van der Waals surface area contributed by atoms with Gasteiger partial charge in [0.15, 0.2) is 0 Å². The number of amides is 2. The Hall–Kier alpha value is -3.95. The SMILES string of the molecule is Cc1ccc(S(=O)(=O)N(CC(=O)N(Cc2ccc(Br)cc2)[C@H](Cc2ccccc2)C(=O)NC(C)C)c2ccc(C(C)C)cc2)cc1. The van der Waals surface area contributed by atoms with Crippen molar-refractivity contribution >= 4 is 43.5 Å². The predicted molar refractivity (Wildman–Crippen MR) is 188 cm³/mol. The highest BCUT2D eigenvalue weighted by molar-refractivity contribution is 9.10. The molecule has 0 spiro atoms. The van der Waals surface area contributed by atoms with Crippen molar-refractivity contribution in [3.8, 4) is 0 Å². The summed E-state index contributed by atoms with van der Waals surface area (Å²) in [4.78, 5) is 30.0. The van der Waals surface area contributed by atoms with Crippen LogP contribution in [0.4, 0.5) is 5.69 Å². The highest BCUT2D eigenvalue weighted by Crippen LogP contribution is 2.27. The lowest BCUT2D eigenvalue weighted by Crippen LogP contribution is -2.54. The molecule has 0 unspecified atom stereocenters. The normalized spacial score (nSPS) is 12.2. The maximum Gasteiger partial charge on any atom is 0.264 e. The second-order valence-electron chi connectivity index (χ2n) is 12.1. The second-order valence-corrected chi connectivity index (χ2v) is 14.9. The number of anilines is 1. The third kappa shape index (κ3) is 9.07. The van der Waals surface area contributed by atoms with Gasteiger partial charge >= 0.3 is 0 Å². The molecule has 0 aromatic heterocycles. The Morgan fingerprint density at radius 1 is 0.783 bits per heavy atom. The van der Waals surface area contributed by atoms with Crippen LogP contribution in [-0.2, 0) is 32.6 Å². The van der Waals surface area contributed by atoms with Crippen molar-refractivity contribution in [2.24, 2.45) is 0 Å². The smallest absolute Gasteiger partial charge is 0.264 e. The minimum Gasteiger partial charge on any atom is -0.352 e. The molecule has 9 heteroatoms. The third-order valence-corrected chi connectivity index (χ3v) is 10.0. The predicted octanol–water partition coefficient (Wildman–Crippen LogP) is 7.24. The molecule has 0 radical (unpaired) electrons. The Labute approximate surface area is 281 Å². The molecule has 0 heterocycles. The van der Waals surface area contributed by atoms with Gasteiger partial charge in [0.1, 0.15) is 12.6 Å². The van der Waals surface area contributed by atoms with Crippen molar-refractivity contribution in [2.45, 2.75) is 70.5 Å². The van der Waals surface area contributed by atoms with Gasteiger partial charge in [-0.1, -0.05) is 102 Å². The van der Waals surface area contributed by atoms with E-state index in [4.69, 9.17) is 0 Å². The first-order valence-electron chi connectivity index (χ1n) is 15.4. The van der Waals surface area contributed by atoms with Gasteiger partial charge in [0.25, 0.3) is 10.0 Å². The average molecular weight is 705 g/mol. The monoisotopic (exact) mass is 703 g/mol. The molecule has 0 aliphatic rings. The number of hydrogen-bond acceptors (Lipinski definition) is 4. The molecule has 242 valence electrons. The Balaban J connectivity index is 1.81. The minimum atomic E-state index is -4.16. The van der Waals surface area contributed by atoms with Crippen LogP contribution in [0, 0.1) is 6.92 Å². The van der Waals surface area contributed by atoms with Gasteiger partial charge < -0.3 is 10.2 Å². The fourth-order valence-electron chi connectivity index (χ4n) is 5.11. The second kappa shape index (κ2) is 15.6. The molecule has 1 N–H and O–H groups in total. The molecular weight excluding hydrogens is 662 g/mol. The summed E-state index contributed by atoms with van der Waals surface area (Å²) in [5.41, 5.74) is 4.03. The van der Waals surface area contributed by atoms with Crippen molar-refractivity contribution in [1.29, 1.82) is 0 Å².